The number of rotatable bonds is 6. The van der Waals surface area contributed by atoms with Crippen LogP contribution >= 0.6 is 0 Å². The number of carbonyl (C=O) groups is 1. The highest BCUT2D eigenvalue weighted by atomic mass is 16.5. The average Bonchev–Trinajstić information content (AvgIpc) is 3.71. The van der Waals surface area contributed by atoms with Crippen molar-refractivity contribution in [3.05, 3.63) is 94.5 Å². The van der Waals surface area contributed by atoms with Crippen molar-refractivity contribution in [2.75, 3.05) is 12.0 Å². The summed E-state index contributed by atoms with van der Waals surface area (Å²) >= 11 is 0. The van der Waals surface area contributed by atoms with Crippen LogP contribution in [0.3, 0.4) is 0 Å². The van der Waals surface area contributed by atoms with E-state index in [0.717, 1.165) is 24.3 Å². The maximum Gasteiger partial charge on any atom is 0.265 e. The Morgan fingerprint density at radius 3 is 2.35 bits per heavy atom. The van der Waals surface area contributed by atoms with Crippen LogP contribution in [0, 0.1) is 12.8 Å². The third-order valence-corrected chi connectivity index (χ3v) is 6.60. The van der Waals surface area contributed by atoms with Crippen molar-refractivity contribution in [1.82, 2.24) is 9.55 Å². The number of ether oxygens (including phenoxy) is 1. The van der Waals surface area contributed by atoms with Gasteiger partial charge in [0, 0.05) is 17.3 Å². The molecule has 1 fully saturated rings. The molecule has 5 rings (SSSR count). The second-order valence-electron chi connectivity index (χ2n) is 8.81. The van der Waals surface area contributed by atoms with Crippen LogP contribution in [0.5, 0.6) is 5.75 Å². The van der Waals surface area contributed by atoms with E-state index in [1.807, 2.05) is 66.4 Å². The molecule has 1 atom stereocenters. The van der Waals surface area contributed by atoms with Gasteiger partial charge in [0.2, 0.25) is 0 Å². The fourth-order valence-corrected chi connectivity index (χ4v) is 4.51. The fraction of sp³-hybridized carbons (Fsp3) is 0.250. The number of amides is 1. The molecule has 1 unspecified atom stereocenters. The topological polar surface area (TPSA) is 64.4 Å². The van der Waals surface area contributed by atoms with E-state index < -0.39 is 0 Å². The van der Waals surface area contributed by atoms with Crippen molar-refractivity contribution < 1.29 is 9.53 Å². The summed E-state index contributed by atoms with van der Waals surface area (Å²) in [5.74, 6) is 1.81. The second-order valence-corrected chi connectivity index (χ2v) is 8.81. The highest BCUT2D eigenvalue weighted by Gasteiger charge is 2.35. The number of carbonyl (C=O) groups excluding carboxylic acids is 1. The fourth-order valence-electron chi connectivity index (χ4n) is 4.51. The van der Waals surface area contributed by atoms with Gasteiger partial charge >= 0.3 is 0 Å². The standard InChI is InChI=1S/C28H27N3O3/c1-18(20-8-9-20)30(22-14-16-24(34-3)17-15-22)27(32)21-10-12-23(13-11-21)31-19(2)29-26-7-5-4-6-25(26)28(31)33/h4-7,10-18,20H,8-9H2,1-3H3. The number of methoxy groups -OCH3 is 1. The summed E-state index contributed by atoms with van der Waals surface area (Å²) < 4.78 is 6.87. The van der Waals surface area contributed by atoms with Gasteiger partial charge in [-0.1, -0.05) is 12.1 Å². The lowest BCUT2D eigenvalue weighted by molar-refractivity contribution is 0.0975. The number of aromatic nitrogens is 2. The van der Waals surface area contributed by atoms with Crippen LogP contribution in [0.15, 0.2) is 77.6 Å². The predicted molar refractivity (Wildman–Crippen MR) is 134 cm³/mol. The van der Waals surface area contributed by atoms with E-state index in [2.05, 4.69) is 11.9 Å². The van der Waals surface area contributed by atoms with Gasteiger partial charge in [-0.05, 0) is 93.3 Å². The van der Waals surface area contributed by atoms with Crippen molar-refractivity contribution in [2.24, 2.45) is 5.92 Å². The zero-order chi connectivity index (χ0) is 23.8. The Labute approximate surface area is 198 Å². The van der Waals surface area contributed by atoms with Crippen LogP contribution < -0.4 is 15.2 Å². The maximum atomic E-state index is 13.6. The summed E-state index contributed by atoms with van der Waals surface area (Å²) in [6.07, 6.45) is 2.27. The van der Waals surface area contributed by atoms with Crippen LogP contribution in [-0.4, -0.2) is 28.6 Å². The zero-order valence-corrected chi connectivity index (χ0v) is 19.6. The van der Waals surface area contributed by atoms with E-state index in [9.17, 15) is 9.59 Å². The lowest BCUT2D eigenvalue weighted by atomic mass is 10.1. The Hall–Kier alpha value is -3.93. The molecule has 6 heteroatoms. The number of fused-ring (bicyclic) bond motifs is 1. The SMILES string of the molecule is COc1ccc(N(C(=O)c2ccc(-n3c(C)nc4ccccc4c3=O)cc2)C(C)C2CC2)cc1. The minimum absolute atomic E-state index is 0.0585. The lowest BCUT2D eigenvalue weighted by Gasteiger charge is -2.30. The van der Waals surface area contributed by atoms with Crippen molar-refractivity contribution in [3.63, 3.8) is 0 Å². The molecule has 4 aromatic rings. The van der Waals surface area contributed by atoms with Crippen molar-refractivity contribution >= 4 is 22.5 Å². The quantitative estimate of drug-likeness (QED) is 0.405. The number of nitrogens with zero attached hydrogens (tertiary/aromatic N) is 3. The molecule has 0 bridgehead atoms. The zero-order valence-electron chi connectivity index (χ0n) is 19.6. The largest absolute Gasteiger partial charge is 0.497 e. The van der Waals surface area contributed by atoms with Crippen LogP contribution in [0.2, 0.25) is 0 Å². The van der Waals surface area contributed by atoms with Gasteiger partial charge < -0.3 is 9.64 Å². The molecule has 1 saturated carbocycles. The third kappa shape index (κ3) is 3.96. The van der Waals surface area contributed by atoms with Gasteiger partial charge in [0.15, 0.2) is 0 Å². The Morgan fingerprint density at radius 2 is 1.71 bits per heavy atom. The normalized spacial score (nSPS) is 14.1. The Bertz CT molecular complexity index is 1400. The van der Waals surface area contributed by atoms with Gasteiger partial charge in [0.1, 0.15) is 11.6 Å². The van der Waals surface area contributed by atoms with E-state index >= 15 is 0 Å². The molecular weight excluding hydrogens is 426 g/mol. The number of anilines is 1. The van der Waals surface area contributed by atoms with E-state index in [4.69, 9.17) is 4.74 Å². The molecule has 0 radical (unpaired) electrons. The summed E-state index contributed by atoms with van der Waals surface area (Å²) in [6.45, 7) is 3.92. The van der Waals surface area contributed by atoms with Crippen LogP contribution in [0.1, 0.15) is 35.9 Å². The second kappa shape index (κ2) is 8.78. The summed E-state index contributed by atoms with van der Waals surface area (Å²) in [5.41, 5.74) is 2.66. The molecule has 0 N–H and O–H groups in total. The summed E-state index contributed by atoms with van der Waals surface area (Å²) in [4.78, 5) is 33.2. The highest BCUT2D eigenvalue weighted by molar-refractivity contribution is 6.06. The molecule has 0 aliphatic heterocycles. The molecule has 1 aromatic heterocycles. The van der Waals surface area contributed by atoms with Crippen molar-refractivity contribution in [3.8, 4) is 11.4 Å². The minimum atomic E-state index is -0.121. The molecule has 1 heterocycles. The predicted octanol–water partition coefficient (Wildman–Crippen LogP) is 5.15. The first-order valence-corrected chi connectivity index (χ1v) is 11.5. The summed E-state index contributed by atoms with van der Waals surface area (Å²) in [5, 5.41) is 0.567. The maximum absolute atomic E-state index is 13.6. The summed E-state index contributed by atoms with van der Waals surface area (Å²) in [7, 11) is 1.63. The molecule has 1 aliphatic rings. The van der Waals surface area contributed by atoms with Gasteiger partial charge in [-0.3, -0.25) is 14.2 Å². The number of para-hydroxylation sites is 1. The van der Waals surface area contributed by atoms with Crippen molar-refractivity contribution in [1.29, 1.82) is 0 Å². The minimum Gasteiger partial charge on any atom is -0.497 e. The molecule has 0 saturated heterocycles. The number of hydrogen-bond acceptors (Lipinski definition) is 4. The van der Waals surface area contributed by atoms with Crippen LogP contribution in [0.4, 0.5) is 5.69 Å². The number of benzene rings is 3. The third-order valence-electron chi connectivity index (χ3n) is 6.60. The first-order valence-electron chi connectivity index (χ1n) is 11.5. The number of hydrogen-bond donors (Lipinski definition) is 0. The number of aryl methyl sites for hydroxylation is 1. The molecule has 172 valence electrons. The van der Waals surface area contributed by atoms with Crippen molar-refractivity contribution in [2.45, 2.75) is 32.7 Å². The Kier molecular flexibility index (Phi) is 5.65. The van der Waals surface area contributed by atoms with Gasteiger partial charge in [-0.15, -0.1) is 0 Å². The molecular formula is C28H27N3O3. The Morgan fingerprint density at radius 1 is 1.03 bits per heavy atom. The van der Waals surface area contributed by atoms with E-state index in [1.54, 1.807) is 29.9 Å². The molecule has 1 aliphatic carbocycles. The first-order chi connectivity index (χ1) is 16.5. The molecule has 3 aromatic carbocycles. The van der Waals surface area contributed by atoms with Crippen LogP contribution in [-0.2, 0) is 0 Å². The smallest absolute Gasteiger partial charge is 0.265 e. The van der Waals surface area contributed by atoms with E-state index in [0.29, 0.717) is 33.9 Å². The average molecular weight is 454 g/mol. The van der Waals surface area contributed by atoms with Crippen LogP contribution in [0.25, 0.3) is 16.6 Å². The molecule has 6 nitrogen and oxygen atoms in total. The first kappa shape index (κ1) is 21.9. The van der Waals surface area contributed by atoms with Gasteiger partial charge in [0.05, 0.1) is 23.7 Å². The highest BCUT2D eigenvalue weighted by Crippen LogP contribution is 2.38. The van der Waals surface area contributed by atoms with Gasteiger partial charge in [-0.2, -0.15) is 0 Å². The van der Waals surface area contributed by atoms with Gasteiger partial charge in [-0.25, -0.2) is 4.98 Å². The van der Waals surface area contributed by atoms with E-state index in [-0.39, 0.29) is 17.5 Å². The van der Waals surface area contributed by atoms with E-state index in [1.165, 1.54) is 0 Å². The molecule has 1 amide bonds. The lowest BCUT2D eigenvalue weighted by Crippen LogP contribution is -2.40. The Balaban J connectivity index is 1.50. The molecule has 0 spiro atoms. The molecule has 34 heavy (non-hydrogen) atoms. The van der Waals surface area contributed by atoms with Gasteiger partial charge in [0.25, 0.3) is 11.5 Å². The summed E-state index contributed by atoms with van der Waals surface area (Å²) in [6, 6.07) is 22.2. The monoisotopic (exact) mass is 453 g/mol.